The minimum absolute atomic E-state index is 0.192. The number of nitrogens with zero attached hydrogens (tertiary/aromatic N) is 1. The minimum atomic E-state index is -0.583. The molecule has 6 nitrogen and oxygen atoms in total. The predicted octanol–water partition coefficient (Wildman–Crippen LogP) is 4.35. The van der Waals surface area contributed by atoms with Crippen LogP contribution in [0.1, 0.15) is 44.6 Å². The van der Waals surface area contributed by atoms with E-state index < -0.39 is 5.97 Å². The molecule has 0 spiro atoms. The van der Waals surface area contributed by atoms with E-state index >= 15 is 0 Å². The van der Waals surface area contributed by atoms with E-state index in [9.17, 15) is 14.4 Å². The number of amides is 1. The van der Waals surface area contributed by atoms with E-state index in [-0.39, 0.29) is 18.3 Å². The van der Waals surface area contributed by atoms with Gasteiger partial charge in [0.1, 0.15) is 0 Å². The lowest BCUT2D eigenvalue weighted by Crippen LogP contribution is -2.15. The Morgan fingerprint density at radius 2 is 1.65 bits per heavy atom. The summed E-state index contributed by atoms with van der Waals surface area (Å²) in [5.74, 6) is -1.01. The highest BCUT2D eigenvalue weighted by molar-refractivity contribution is 6.00. The molecule has 0 aliphatic rings. The molecular weight excluding hydrogens is 392 g/mol. The van der Waals surface area contributed by atoms with Crippen molar-refractivity contribution in [1.82, 2.24) is 4.57 Å². The fourth-order valence-corrected chi connectivity index (χ4v) is 3.50. The van der Waals surface area contributed by atoms with Gasteiger partial charge in [0, 0.05) is 36.1 Å². The van der Waals surface area contributed by atoms with Gasteiger partial charge in [-0.15, -0.1) is 0 Å². The third kappa shape index (κ3) is 5.69. The molecule has 0 saturated carbocycles. The lowest BCUT2D eigenvalue weighted by molar-refractivity contribution is -0.114. The van der Waals surface area contributed by atoms with Crippen LogP contribution in [0.2, 0.25) is 0 Å². The third-order valence-electron chi connectivity index (χ3n) is 5.12. The minimum Gasteiger partial charge on any atom is -0.454 e. The molecule has 1 heterocycles. The van der Waals surface area contributed by atoms with Crippen molar-refractivity contribution in [2.75, 3.05) is 11.9 Å². The van der Waals surface area contributed by atoms with Crippen molar-refractivity contribution in [3.63, 3.8) is 0 Å². The first-order chi connectivity index (χ1) is 14.8. The second-order valence-electron chi connectivity index (χ2n) is 7.43. The highest BCUT2D eigenvalue weighted by atomic mass is 16.5. The van der Waals surface area contributed by atoms with Gasteiger partial charge in [0.05, 0.1) is 5.56 Å². The summed E-state index contributed by atoms with van der Waals surface area (Å²) >= 11 is 0. The van der Waals surface area contributed by atoms with Crippen LogP contribution in [0, 0.1) is 13.8 Å². The van der Waals surface area contributed by atoms with Crippen LogP contribution >= 0.6 is 0 Å². The van der Waals surface area contributed by atoms with Gasteiger partial charge in [0.25, 0.3) is 0 Å². The first-order valence-electron chi connectivity index (χ1n) is 10.1. The quantitative estimate of drug-likeness (QED) is 0.436. The van der Waals surface area contributed by atoms with Gasteiger partial charge in [-0.05, 0) is 56.2 Å². The van der Waals surface area contributed by atoms with Gasteiger partial charge in [-0.2, -0.15) is 0 Å². The van der Waals surface area contributed by atoms with Crippen molar-refractivity contribution in [3.05, 3.63) is 88.7 Å². The number of carbonyl (C=O) groups is 3. The fourth-order valence-electron chi connectivity index (χ4n) is 3.50. The molecule has 1 aromatic heterocycles. The van der Waals surface area contributed by atoms with Crippen molar-refractivity contribution in [2.24, 2.45) is 0 Å². The zero-order chi connectivity index (χ0) is 22.4. The number of esters is 1. The maximum atomic E-state index is 12.7. The Balaban J connectivity index is 1.60. The van der Waals surface area contributed by atoms with Gasteiger partial charge in [-0.1, -0.05) is 30.3 Å². The molecule has 6 heteroatoms. The maximum absolute atomic E-state index is 12.7. The smallest absolute Gasteiger partial charge is 0.338 e. The molecule has 2 aromatic carbocycles. The number of hydrogen-bond donors (Lipinski definition) is 1. The van der Waals surface area contributed by atoms with Crippen LogP contribution in [0.25, 0.3) is 0 Å². The van der Waals surface area contributed by atoms with Gasteiger partial charge in [0.15, 0.2) is 6.61 Å². The zero-order valence-electron chi connectivity index (χ0n) is 18.0. The molecule has 0 fully saturated rings. The average molecular weight is 418 g/mol. The summed E-state index contributed by atoms with van der Waals surface area (Å²) in [6.07, 6.45) is 0.869. The van der Waals surface area contributed by atoms with Crippen molar-refractivity contribution in [1.29, 1.82) is 0 Å². The zero-order valence-corrected chi connectivity index (χ0v) is 18.0. The van der Waals surface area contributed by atoms with Gasteiger partial charge in [-0.25, -0.2) is 4.79 Å². The predicted molar refractivity (Wildman–Crippen MR) is 119 cm³/mol. The van der Waals surface area contributed by atoms with E-state index in [1.807, 2.05) is 38.1 Å². The largest absolute Gasteiger partial charge is 0.454 e. The van der Waals surface area contributed by atoms with Gasteiger partial charge in [0.2, 0.25) is 11.7 Å². The van der Waals surface area contributed by atoms with Crippen LogP contribution in [0.3, 0.4) is 0 Å². The number of aromatic nitrogens is 1. The maximum Gasteiger partial charge on any atom is 0.338 e. The number of carbonyl (C=O) groups excluding carboxylic acids is 3. The van der Waals surface area contributed by atoms with Crippen molar-refractivity contribution >= 4 is 23.3 Å². The van der Waals surface area contributed by atoms with Crippen LogP contribution in [0.4, 0.5) is 5.69 Å². The van der Waals surface area contributed by atoms with Crippen LogP contribution in [0.5, 0.6) is 0 Å². The molecule has 3 rings (SSSR count). The highest BCUT2D eigenvalue weighted by Gasteiger charge is 2.18. The molecule has 160 valence electrons. The summed E-state index contributed by atoms with van der Waals surface area (Å²) in [6, 6.07) is 18.4. The standard InChI is InChI=1S/C25H26N2O4/c1-17-15-23(18(2)27(17)14-13-20-7-5-4-6-8-20)24(29)16-31-25(30)21-9-11-22(12-10-21)26-19(3)28/h4-12,15H,13-14,16H2,1-3H3,(H,26,28). The van der Waals surface area contributed by atoms with Crippen molar-refractivity contribution < 1.29 is 19.1 Å². The molecule has 0 atom stereocenters. The highest BCUT2D eigenvalue weighted by Crippen LogP contribution is 2.18. The lowest BCUT2D eigenvalue weighted by atomic mass is 10.1. The van der Waals surface area contributed by atoms with Crippen LogP contribution in [-0.2, 0) is 22.5 Å². The van der Waals surface area contributed by atoms with E-state index in [2.05, 4.69) is 22.0 Å². The Kier molecular flexibility index (Phi) is 7.03. The van der Waals surface area contributed by atoms with Gasteiger partial charge >= 0.3 is 5.97 Å². The molecule has 1 N–H and O–H groups in total. The summed E-state index contributed by atoms with van der Waals surface area (Å²) in [5.41, 5.74) is 4.57. The molecule has 0 unspecified atom stereocenters. The molecule has 0 bridgehead atoms. The van der Waals surface area contributed by atoms with Gasteiger partial charge < -0.3 is 14.6 Å². The molecule has 31 heavy (non-hydrogen) atoms. The molecule has 3 aromatic rings. The first kappa shape index (κ1) is 22.0. The SMILES string of the molecule is CC(=O)Nc1ccc(C(=O)OCC(=O)c2cc(C)n(CCc3ccccc3)c2C)cc1. The monoisotopic (exact) mass is 418 g/mol. The number of nitrogens with one attached hydrogen (secondary N) is 1. The Morgan fingerprint density at radius 3 is 2.29 bits per heavy atom. The molecular formula is C25H26N2O4. The number of hydrogen-bond acceptors (Lipinski definition) is 4. The average Bonchev–Trinajstić information content (AvgIpc) is 3.04. The number of anilines is 1. The number of rotatable bonds is 8. The third-order valence-corrected chi connectivity index (χ3v) is 5.12. The Labute approximate surface area is 181 Å². The Morgan fingerprint density at radius 1 is 0.968 bits per heavy atom. The van der Waals surface area contributed by atoms with E-state index in [1.54, 1.807) is 24.3 Å². The molecule has 0 saturated heterocycles. The summed E-state index contributed by atoms with van der Waals surface area (Å²) in [6.45, 7) is 5.74. The van der Waals surface area contributed by atoms with E-state index in [0.29, 0.717) is 16.8 Å². The summed E-state index contributed by atoms with van der Waals surface area (Å²) in [5, 5.41) is 2.63. The number of ether oxygens (including phenoxy) is 1. The summed E-state index contributed by atoms with van der Waals surface area (Å²) in [4.78, 5) is 36.0. The number of ketones is 1. The van der Waals surface area contributed by atoms with E-state index in [4.69, 9.17) is 4.74 Å². The van der Waals surface area contributed by atoms with Crippen LogP contribution < -0.4 is 5.32 Å². The van der Waals surface area contributed by atoms with Crippen molar-refractivity contribution in [3.8, 4) is 0 Å². The van der Waals surface area contributed by atoms with Crippen molar-refractivity contribution in [2.45, 2.75) is 33.7 Å². The van der Waals surface area contributed by atoms with Crippen LogP contribution in [-0.4, -0.2) is 28.8 Å². The lowest BCUT2D eigenvalue weighted by Gasteiger charge is -2.10. The second-order valence-corrected chi connectivity index (χ2v) is 7.43. The number of benzene rings is 2. The van der Waals surface area contributed by atoms with Gasteiger partial charge in [-0.3, -0.25) is 9.59 Å². The first-order valence-corrected chi connectivity index (χ1v) is 10.1. The topological polar surface area (TPSA) is 77.4 Å². The number of aryl methyl sites for hydroxylation is 2. The Hall–Kier alpha value is -3.67. The normalized spacial score (nSPS) is 10.5. The Bertz CT molecular complexity index is 1080. The fraction of sp³-hybridized carbons (Fsp3) is 0.240. The molecule has 0 radical (unpaired) electrons. The van der Waals surface area contributed by atoms with E-state index in [1.165, 1.54) is 12.5 Å². The molecule has 0 aliphatic heterocycles. The van der Waals surface area contributed by atoms with Crippen LogP contribution in [0.15, 0.2) is 60.7 Å². The molecule has 0 aliphatic carbocycles. The molecule has 1 amide bonds. The van der Waals surface area contributed by atoms with E-state index in [0.717, 1.165) is 24.4 Å². The summed E-state index contributed by atoms with van der Waals surface area (Å²) in [7, 11) is 0. The number of Topliss-reactive ketones (excluding diaryl/α,β-unsaturated/α-hetero) is 1. The second kappa shape index (κ2) is 9.89. The summed E-state index contributed by atoms with van der Waals surface area (Å²) < 4.78 is 7.33.